The smallest absolute Gasteiger partial charge is 0.204 e. The molecule has 2 rings (SSSR count). The average Bonchev–Trinajstić information content (AvgIpc) is 2.44. The van der Waals surface area contributed by atoms with Gasteiger partial charge in [0.2, 0.25) is 0 Å². The molecular weight excluding hydrogens is 298 g/mol. The lowest BCUT2D eigenvalue weighted by Gasteiger charge is -2.03. The standard InChI is InChI=1S/C14H12F2N2O2S/c1-10-5-7-12(8-6-10)21(19,20)18-17-9-11-3-2-4-13(15)14(11)16/h2-9,18H,1H3/b17-9-. The molecular formula is C14H12F2N2O2S. The third-order valence-corrected chi connectivity index (χ3v) is 3.93. The number of hydrogen-bond donors (Lipinski definition) is 1. The summed E-state index contributed by atoms with van der Waals surface area (Å²) < 4.78 is 50.1. The maximum atomic E-state index is 13.3. The molecule has 0 bridgehead atoms. The lowest BCUT2D eigenvalue weighted by molar-refractivity contribution is 0.507. The number of rotatable bonds is 4. The normalized spacial score (nSPS) is 11.8. The van der Waals surface area contributed by atoms with E-state index in [1.165, 1.54) is 24.3 Å². The first kappa shape index (κ1) is 15.1. The van der Waals surface area contributed by atoms with E-state index in [4.69, 9.17) is 0 Å². The number of aryl methyl sites for hydroxylation is 1. The van der Waals surface area contributed by atoms with Gasteiger partial charge in [-0.1, -0.05) is 29.8 Å². The molecule has 0 aliphatic heterocycles. The molecule has 0 aliphatic rings. The fraction of sp³-hybridized carbons (Fsp3) is 0.0714. The van der Waals surface area contributed by atoms with Crippen LogP contribution in [0.4, 0.5) is 8.78 Å². The highest BCUT2D eigenvalue weighted by molar-refractivity contribution is 7.89. The predicted octanol–water partition coefficient (Wildman–Crippen LogP) is 2.59. The molecule has 0 spiro atoms. The molecule has 4 nitrogen and oxygen atoms in total. The zero-order valence-corrected chi connectivity index (χ0v) is 11.9. The van der Waals surface area contributed by atoms with Crippen molar-refractivity contribution in [3.8, 4) is 0 Å². The van der Waals surface area contributed by atoms with Gasteiger partial charge < -0.3 is 0 Å². The molecule has 0 aliphatic carbocycles. The molecule has 0 amide bonds. The van der Waals surface area contributed by atoms with Gasteiger partial charge in [0, 0.05) is 5.56 Å². The number of hydrazone groups is 1. The molecule has 0 heterocycles. The number of benzene rings is 2. The molecule has 0 aromatic heterocycles. The monoisotopic (exact) mass is 310 g/mol. The highest BCUT2D eigenvalue weighted by Gasteiger charge is 2.12. The van der Waals surface area contributed by atoms with E-state index < -0.39 is 21.7 Å². The van der Waals surface area contributed by atoms with Crippen LogP contribution in [0.1, 0.15) is 11.1 Å². The van der Waals surface area contributed by atoms with Gasteiger partial charge in [-0.15, -0.1) is 0 Å². The Kier molecular flexibility index (Phi) is 4.32. The van der Waals surface area contributed by atoms with E-state index in [1.807, 2.05) is 11.8 Å². The molecule has 110 valence electrons. The Labute approximate surface area is 121 Å². The van der Waals surface area contributed by atoms with Crippen LogP contribution in [0.25, 0.3) is 0 Å². The van der Waals surface area contributed by atoms with Crippen LogP contribution in [0, 0.1) is 18.6 Å². The summed E-state index contributed by atoms with van der Waals surface area (Å²) in [5, 5.41) is 3.44. The molecule has 0 saturated heterocycles. The molecule has 2 aromatic carbocycles. The van der Waals surface area contributed by atoms with Crippen molar-refractivity contribution in [3.63, 3.8) is 0 Å². The minimum absolute atomic E-state index is 0.0324. The Morgan fingerprint density at radius 3 is 2.43 bits per heavy atom. The lowest BCUT2D eigenvalue weighted by Crippen LogP contribution is -2.18. The maximum Gasteiger partial charge on any atom is 0.276 e. The van der Waals surface area contributed by atoms with E-state index in [1.54, 1.807) is 12.1 Å². The summed E-state index contributed by atoms with van der Waals surface area (Å²) in [6.07, 6.45) is 0.907. The molecule has 0 saturated carbocycles. The van der Waals surface area contributed by atoms with Gasteiger partial charge in [0.05, 0.1) is 11.1 Å². The van der Waals surface area contributed by atoms with Crippen LogP contribution < -0.4 is 4.83 Å². The van der Waals surface area contributed by atoms with E-state index in [-0.39, 0.29) is 10.5 Å². The SMILES string of the molecule is Cc1ccc(S(=O)(=O)N/N=C\c2cccc(F)c2F)cc1. The highest BCUT2D eigenvalue weighted by atomic mass is 32.2. The number of sulfonamides is 1. The van der Waals surface area contributed by atoms with E-state index in [9.17, 15) is 17.2 Å². The minimum atomic E-state index is -3.83. The zero-order valence-electron chi connectivity index (χ0n) is 11.0. The van der Waals surface area contributed by atoms with Crippen LogP contribution >= 0.6 is 0 Å². The first-order chi connectivity index (χ1) is 9.90. The Balaban J connectivity index is 2.16. The molecule has 0 fully saturated rings. The van der Waals surface area contributed by atoms with Crippen LogP contribution in [0.2, 0.25) is 0 Å². The second-order valence-corrected chi connectivity index (χ2v) is 5.97. The molecule has 0 unspecified atom stereocenters. The molecule has 0 radical (unpaired) electrons. The largest absolute Gasteiger partial charge is 0.276 e. The topological polar surface area (TPSA) is 58.5 Å². The summed E-state index contributed by atoms with van der Waals surface area (Å²) in [5.41, 5.74) is 0.765. The maximum absolute atomic E-state index is 13.3. The van der Waals surface area contributed by atoms with Crippen LogP contribution in [-0.4, -0.2) is 14.6 Å². The van der Waals surface area contributed by atoms with Gasteiger partial charge in [0.25, 0.3) is 10.0 Å². The van der Waals surface area contributed by atoms with Gasteiger partial charge in [0.15, 0.2) is 11.6 Å². The van der Waals surface area contributed by atoms with Gasteiger partial charge in [-0.25, -0.2) is 13.6 Å². The van der Waals surface area contributed by atoms with Crippen LogP contribution in [0.5, 0.6) is 0 Å². The van der Waals surface area contributed by atoms with Crippen molar-refractivity contribution >= 4 is 16.2 Å². The number of hydrogen-bond acceptors (Lipinski definition) is 3. The van der Waals surface area contributed by atoms with Crippen molar-refractivity contribution in [2.75, 3.05) is 0 Å². The first-order valence-electron chi connectivity index (χ1n) is 5.96. The number of nitrogens with zero attached hydrogens (tertiary/aromatic N) is 1. The quantitative estimate of drug-likeness (QED) is 0.697. The Bertz CT molecular complexity index is 772. The fourth-order valence-corrected chi connectivity index (χ4v) is 2.35. The van der Waals surface area contributed by atoms with Crippen LogP contribution in [-0.2, 0) is 10.0 Å². The van der Waals surface area contributed by atoms with Gasteiger partial charge in [-0.05, 0) is 25.1 Å². The predicted molar refractivity (Wildman–Crippen MR) is 75.5 cm³/mol. The summed E-state index contributed by atoms with van der Waals surface area (Å²) in [5.74, 6) is -2.11. The van der Waals surface area contributed by atoms with Crippen LogP contribution in [0.15, 0.2) is 52.5 Å². The number of nitrogens with one attached hydrogen (secondary N) is 1. The Morgan fingerprint density at radius 1 is 1.10 bits per heavy atom. The van der Waals surface area contributed by atoms with Crippen molar-refractivity contribution in [2.45, 2.75) is 11.8 Å². The van der Waals surface area contributed by atoms with Gasteiger partial charge in [-0.2, -0.15) is 13.5 Å². The second kappa shape index (κ2) is 6.01. The van der Waals surface area contributed by atoms with Crippen molar-refractivity contribution in [2.24, 2.45) is 5.10 Å². The first-order valence-corrected chi connectivity index (χ1v) is 7.44. The van der Waals surface area contributed by atoms with Crippen molar-refractivity contribution < 1.29 is 17.2 Å². The molecule has 7 heteroatoms. The third kappa shape index (κ3) is 3.63. The van der Waals surface area contributed by atoms with Crippen molar-refractivity contribution in [3.05, 3.63) is 65.2 Å². The average molecular weight is 310 g/mol. The van der Waals surface area contributed by atoms with E-state index in [0.29, 0.717) is 0 Å². The second-order valence-electron chi connectivity index (χ2n) is 4.31. The Morgan fingerprint density at radius 2 is 1.76 bits per heavy atom. The van der Waals surface area contributed by atoms with E-state index >= 15 is 0 Å². The fourth-order valence-electron chi connectivity index (χ4n) is 1.56. The van der Waals surface area contributed by atoms with E-state index in [0.717, 1.165) is 17.8 Å². The van der Waals surface area contributed by atoms with Gasteiger partial charge >= 0.3 is 0 Å². The molecule has 1 N–H and O–H groups in total. The van der Waals surface area contributed by atoms with Gasteiger partial charge in [0.1, 0.15) is 0 Å². The van der Waals surface area contributed by atoms with E-state index in [2.05, 4.69) is 5.10 Å². The Hall–Kier alpha value is -2.28. The summed E-state index contributed by atoms with van der Waals surface area (Å²) >= 11 is 0. The minimum Gasteiger partial charge on any atom is -0.204 e. The van der Waals surface area contributed by atoms with Crippen molar-refractivity contribution in [1.29, 1.82) is 0 Å². The summed E-state index contributed by atoms with van der Waals surface area (Å²) in [6, 6.07) is 9.68. The van der Waals surface area contributed by atoms with Crippen LogP contribution in [0.3, 0.4) is 0 Å². The summed E-state index contributed by atoms with van der Waals surface area (Å²) in [4.78, 5) is 1.97. The molecule has 2 aromatic rings. The summed E-state index contributed by atoms with van der Waals surface area (Å²) in [7, 11) is -3.83. The lowest BCUT2D eigenvalue weighted by atomic mass is 10.2. The molecule has 21 heavy (non-hydrogen) atoms. The van der Waals surface area contributed by atoms with Crippen molar-refractivity contribution in [1.82, 2.24) is 4.83 Å². The summed E-state index contributed by atoms with van der Waals surface area (Å²) in [6.45, 7) is 1.83. The highest BCUT2D eigenvalue weighted by Crippen LogP contribution is 2.11. The third-order valence-electron chi connectivity index (χ3n) is 2.69. The van der Waals surface area contributed by atoms with Gasteiger partial charge in [-0.3, -0.25) is 0 Å². The zero-order chi connectivity index (χ0) is 15.5. The number of halogens is 2. The molecule has 0 atom stereocenters.